The first-order valence-electron chi connectivity index (χ1n) is 6.49. The second kappa shape index (κ2) is 6.23. The molecule has 0 unspecified atom stereocenters. The van der Waals surface area contributed by atoms with Gasteiger partial charge in [-0.3, -0.25) is 18.4 Å². The molecule has 0 aromatic rings. The summed E-state index contributed by atoms with van der Waals surface area (Å²) in [5.74, 6) is -5.59. The molecule has 2 aliphatic heterocycles. The van der Waals surface area contributed by atoms with Crippen LogP contribution in [0.3, 0.4) is 0 Å². The van der Waals surface area contributed by atoms with Gasteiger partial charge in [0.05, 0.1) is 33.8 Å². The Bertz CT molecular complexity index is 770. The zero-order valence-electron chi connectivity index (χ0n) is 12.1. The largest absolute Gasteiger partial charge is 0.481 e. The topological polar surface area (TPSA) is 176 Å². The van der Waals surface area contributed by atoms with E-state index in [2.05, 4.69) is 4.18 Å². The Morgan fingerprint density at radius 1 is 1.42 bits per heavy atom. The lowest BCUT2D eigenvalue weighted by Gasteiger charge is -2.45. The number of carboxylic acids is 2. The van der Waals surface area contributed by atoms with E-state index in [1.807, 2.05) is 0 Å². The van der Waals surface area contributed by atoms with Crippen molar-refractivity contribution in [2.45, 2.75) is 25.5 Å². The Kier molecular flexibility index (Phi) is 4.81. The van der Waals surface area contributed by atoms with Gasteiger partial charge in [-0.2, -0.15) is 8.42 Å². The number of fused-ring (bicyclic) bond motifs is 1. The van der Waals surface area contributed by atoms with Crippen molar-refractivity contribution in [1.29, 1.82) is 0 Å². The molecule has 4 atom stereocenters. The van der Waals surface area contributed by atoms with E-state index in [-0.39, 0.29) is 11.3 Å². The van der Waals surface area contributed by atoms with Crippen LogP contribution in [0.2, 0.25) is 0 Å². The molecular weight excluding hydrogens is 370 g/mol. The number of amides is 1. The van der Waals surface area contributed by atoms with Gasteiger partial charge in [0.15, 0.2) is 0 Å². The molecule has 0 bridgehead atoms. The maximum atomic E-state index is 12.1. The van der Waals surface area contributed by atoms with Crippen molar-refractivity contribution in [2.75, 3.05) is 5.75 Å². The van der Waals surface area contributed by atoms with Gasteiger partial charge in [0.25, 0.3) is 0 Å². The minimum Gasteiger partial charge on any atom is -0.481 e. The van der Waals surface area contributed by atoms with Gasteiger partial charge >= 0.3 is 22.3 Å². The van der Waals surface area contributed by atoms with Crippen molar-refractivity contribution in [3.63, 3.8) is 0 Å². The lowest BCUT2D eigenvalue weighted by atomic mass is 9.83. The Hall–Kier alpha value is -1.83. The predicted molar refractivity (Wildman–Crippen MR) is 76.1 cm³/mol. The van der Waals surface area contributed by atoms with Crippen LogP contribution in [-0.2, 0) is 39.8 Å². The van der Waals surface area contributed by atoms with Crippen molar-refractivity contribution in [1.82, 2.24) is 4.90 Å². The lowest BCUT2D eigenvalue weighted by molar-refractivity contribution is -0.160. The molecule has 1 saturated heterocycles. The van der Waals surface area contributed by atoms with Crippen LogP contribution in [0.15, 0.2) is 10.6 Å². The number of rotatable bonds is 7. The molecule has 0 aliphatic carbocycles. The summed E-state index contributed by atoms with van der Waals surface area (Å²) in [4.78, 5) is 34.8. The highest BCUT2D eigenvalue weighted by molar-refractivity contribution is 7.89. The summed E-state index contributed by atoms with van der Waals surface area (Å²) in [7, 11) is -6.95. The molecule has 1 fully saturated rings. The van der Waals surface area contributed by atoms with Crippen LogP contribution >= 0.6 is 0 Å². The van der Waals surface area contributed by atoms with Gasteiger partial charge in [0, 0.05) is 6.42 Å². The summed E-state index contributed by atoms with van der Waals surface area (Å²) in [6.45, 7) is 1.21. The number of carbonyl (C=O) groups is 3. The van der Waals surface area contributed by atoms with Crippen molar-refractivity contribution < 1.29 is 46.0 Å². The van der Waals surface area contributed by atoms with E-state index in [4.69, 9.17) is 9.66 Å². The summed E-state index contributed by atoms with van der Waals surface area (Å²) in [6.07, 6.45) is -1.45. The third-order valence-corrected chi connectivity index (χ3v) is 5.64. The Labute approximate surface area is 138 Å². The highest BCUT2D eigenvalue weighted by atomic mass is 32.3. The molecule has 0 saturated carbocycles. The van der Waals surface area contributed by atoms with E-state index in [1.165, 1.54) is 6.92 Å². The third kappa shape index (κ3) is 3.33. The first kappa shape index (κ1) is 18.5. The molecule has 0 radical (unpaired) electrons. The molecule has 2 aliphatic rings. The van der Waals surface area contributed by atoms with E-state index in [0.29, 0.717) is 0 Å². The molecule has 0 spiro atoms. The number of carbonyl (C=O) groups excluding carboxylic acids is 1. The molecule has 2 rings (SSSR count). The van der Waals surface area contributed by atoms with E-state index < -0.39 is 68.6 Å². The first-order valence-corrected chi connectivity index (χ1v) is 9.17. The summed E-state index contributed by atoms with van der Waals surface area (Å²) in [5, 5.41) is 17.9. The second-order valence-electron chi connectivity index (χ2n) is 5.20. The number of hydrogen-bond donors (Lipinski definition) is 3. The van der Waals surface area contributed by atoms with Gasteiger partial charge in [-0.1, -0.05) is 0 Å². The standard InChI is InChI=1S/C11H13NO10S2/c1-4(22-24(19,20)21)8-5-2-6(23(18)3-7(13)14)9(11(16)17)12(5)10(8)15/h4-5,8H,2-3H2,1H3,(H,13,14)(H,16,17)(H,19,20,21)/t4-,5+,8-,23+/m0/s1. The van der Waals surface area contributed by atoms with Crippen molar-refractivity contribution in [2.24, 2.45) is 5.92 Å². The Balaban J connectivity index is 2.27. The average Bonchev–Trinajstić information content (AvgIpc) is 2.71. The molecule has 0 aromatic heterocycles. The van der Waals surface area contributed by atoms with Crippen molar-refractivity contribution in [3.8, 4) is 0 Å². The third-order valence-electron chi connectivity index (χ3n) is 3.68. The molecule has 0 aromatic carbocycles. The molecule has 3 N–H and O–H groups in total. The molecule has 24 heavy (non-hydrogen) atoms. The number of β-lactam (4-membered cyclic amide) rings is 1. The summed E-state index contributed by atoms with van der Waals surface area (Å²) < 4.78 is 46.5. The molecular formula is C11H13NO10S2. The maximum Gasteiger partial charge on any atom is 0.397 e. The normalized spacial score (nSPS) is 25.9. The Morgan fingerprint density at radius 3 is 2.46 bits per heavy atom. The van der Waals surface area contributed by atoms with Crippen molar-refractivity contribution in [3.05, 3.63) is 10.6 Å². The highest BCUT2D eigenvalue weighted by Crippen LogP contribution is 2.45. The highest BCUT2D eigenvalue weighted by Gasteiger charge is 2.58. The van der Waals surface area contributed by atoms with Gasteiger partial charge in [0.1, 0.15) is 11.4 Å². The molecule has 11 nitrogen and oxygen atoms in total. The van der Waals surface area contributed by atoms with E-state index in [9.17, 15) is 32.1 Å². The molecule has 134 valence electrons. The first-order chi connectivity index (χ1) is 10.9. The minimum absolute atomic E-state index is 0.183. The Morgan fingerprint density at radius 2 is 2.00 bits per heavy atom. The fraction of sp³-hybridized carbons (Fsp3) is 0.545. The lowest BCUT2D eigenvalue weighted by Crippen LogP contribution is -2.62. The van der Waals surface area contributed by atoms with Crippen molar-refractivity contribution >= 4 is 39.0 Å². The van der Waals surface area contributed by atoms with Crippen LogP contribution in [0.25, 0.3) is 0 Å². The van der Waals surface area contributed by atoms with E-state index in [0.717, 1.165) is 4.90 Å². The smallest absolute Gasteiger partial charge is 0.397 e. The number of hydrogen-bond acceptors (Lipinski definition) is 7. The second-order valence-corrected chi connectivity index (χ2v) is 7.72. The van der Waals surface area contributed by atoms with Gasteiger partial charge in [0.2, 0.25) is 5.91 Å². The average molecular weight is 383 g/mol. The summed E-state index contributed by atoms with van der Waals surface area (Å²) in [6, 6.07) is -0.826. The van der Waals surface area contributed by atoms with E-state index in [1.54, 1.807) is 0 Å². The fourth-order valence-corrected chi connectivity index (χ4v) is 4.53. The minimum atomic E-state index is -4.81. The molecule has 1 amide bonds. The predicted octanol–water partition coefficient (Wildman–Crippen LogP) is -1.45. The quantitative estimate of drug-likeness (QED) is 0.348. The zero-order valence-corrected chi connectivity index (χ0v) is 13.7. The monoisotopic (exact) mass is 383 g/mol. The van der Waals surface area contributed by atoms with Crippen LogP contribution in [0.5, 0.6) is 0 Å². The fourth-order valence-electron chi connectivity index (χ4n) is 2.87. The zero-order chi connectivity index (χ0) is 18.4. The van der Waals surface area contributed by atoms with Gasteiger partial charge in [-0.05, 0) is 6.92 Å². The molecule has 2 heterocycles. The van der Waals surface area contributed by atoms with Crippen LogP contribution in [0.1, 0.15) is 13.3 Å². The maximum absolute atomic E-state index is 12.1. The van der Waals surface area contributed by atoms with Crippen LogP contribution in [-0.4, -0.2) is 68.0 Å². The van der Waals surface area contributed by atoms with Gasteiger partial charge in [-0.15, -0.1) is 0 Å². The van der Waals surface area contributed by atoms with Crippen LogP contribution in [0, 0.1) is 5.92 Å². The number of nitrogens with zero attached hydrogens (tertiary/aromatic N) is 1. The van der Waals surface area contributed by atoms with Gasteiger partial charge < -0.3 is 15.1 Å². The van der Waals surface area contributed by atoms with Crippen LogP contribution < -0.4 is 0 Å². The summed E-state index contributed by atoms with van der Waals surface area (Å²) in [5.41, 5.74) is -0.556. The number of aliphatic carboxylic acids is 2. The van der Waals surface area contributed by atoms with E-state index >= 15 is 0 Å². The SMILES string of the molecule is C[C@H](OS(=O)(=O)O)[C@@H]1C(=O)N2C(C(=O)O)=C([S@](=O)CC(=O)O)C[C@H]12. The van der Waals surface area contributed by atoms with Gasteiger partial charge in [-0.25, -0.2) is 8.98 Å². The molecule has 13 heteroatoms. The number of carboxylic acid groups (broad SMARTS) is 2. The summed E-state index contributed by atoms with van der Waals surface area (Å²) >= 11 is 0. The van der Waals surface area contributed by atoms with Crippen LogP contribution in [0.4, 0.5) is 0 Å².